The summed E-state index contributed by atoms with van der Waals surface area (Å²) in [6.45, 7) is 7.73. The molecule has 0 radical (unpaired) electrons. The van der Waals surface area contributed by atoms with Crippen LogP contribution in [-0.4, -0.2) is 24.6 Å². The van der Waals surface area contributed by atoms with Crippen molar-refractivity contribution >= 4 is 11.5 Å². The first-order chi connectivity index (χ1) is 7.19. The van der Waals surface area contributed by atoms with E-state index in [0.29, 0.717) is 6.04 Å². The van der Waals surface area contributed by atoms with Gasteiger partial charge in [-0.05, 0) is 26.3 Å². The molecule has 0 atom stereocenters. The summed E-state index contributed by atoms with van der Waals surface area (Å²) in [5, 5.41) is 3.07. The van der Waals surface area contributed by atoms with Crippen molar-refractivity contribution < 1.29 is 0 Å². The molecule has 0 fully saturated rings. The van der Waals surface area contributed by atoms with Gasteiger partial charge in [0.2, 0.25) is 0 Å². The Kier molecular flexibility index (Phi) is 4.40. The standard InChI is InChI=1S/C12H21N3/c1-5-8-15(10(2)3)11-6-7-14-12(9-11)13-4/h6-7,9-10H,5,8H2,1-4H3,(H,13,14). The van der Waals surface area contributed by atoms with Gasteiger partial charge in [0.05, 0.1) is 0 Å². The monoisotopic (exact) mass is 207 g/mol. The van der Waals surface area contributed by atoms with Gasteiger partial charge >= 0.3 is 0 Å². The molecule has 0 aliphatic heterocycles. The highest BCUT2D eigenvalue weighted by molar-refractivity contribution is 5.54. The van der Waals surface area contributed by atoms with Crippen molar-refractivity contribution in [3.8, 4) is 0 Å². The molecule has 0 amide bonds. The Bertz CT molecular complexity index is 297. The van der Waals surface area contributed by atoms with Crippen molar-refractivity contribution in [2.24, 2.45) is 0 Å². The van der Waals surface area contributed by atoms with Gasteiger partial charge in [-0.3, -0.25) is 0 Å². The van der Waals surface area contributed by atoms with E-state index in [4.69, 9.17) is 0 Å². The molecule has 84 valence electrons. The van der Waals surface area contributed by atoms with Crippen LogP contribution in [-0.2, 0) is 0 Å². The molecule has 15 heavy (non-hydrogen) atoms. The lowest BCUT2D eigenvalue weighted by molar-refractivity contribution is 0.671. The molecule has 0 unspecified atom stereocenters. The van der Waals surface area contributed by atoms with Gasteiger partial charge in [-0.1, -0.05) is 6.92 Å². The van der Waals surface area contributed by atoms with Crippen LogP contribution in [0, 0.1) is 0 Å². The molecule has 0 spiro atoms. The Balaban J connectivity index is 2.89. The number of rotatable bonds is 5. The average Bonchev–Trinajstić information content (AvgIpc) is 2.25. The van der Waals surface area contributed by atoms with Crippen LogP contribution in [0.3, 0.4) is 0 Å². The van der Waals surface area contributed by atoms with Crippen LogP contribution >= 0.6 is 0 Å². The number of hydrogen-bond donors (Lipinski definition) is 1. The maximum absolute atomic E-state index is 4.22. The van der Waals surface area contributed by atoms with Crippen molar-refractivity contribution in [1.29, 1.82) is 0 Å². The van der Waals surface area contributed by atoms with Crippen LogP contribution in [0.15, 0.2) is 18.3 Å². The topological polar surface area (TPSA) is 28.2 Å². The molecule has 0 saturated heterocycles. The van der Waals surface area contributed by atoms with Gasteiger partial charge in [0.15, 0.2) is 0 Å². The fourth-order valence-electron chi connectivity index (χ4n) is 1.66. The first-order valence-corrected chi connectivity index (χ1v) is 5.59. The molecule has 0 aliphatic carbocycles. The van der Waals surface area contributed by atoms with Crippen molar-refractivity contribution in [3.05, 3.63) is 18.3 Å². The number of aromatic nitrogens is 1. The Hall–Kier alpha value is -1.25. The highest BCUT2D eigenvalue weighted by Gasteiger charge is 2.09. The van der Waals surface area contributed by atoms with Crippen LogP contribution < -0.4 is 10.2 Å². The van der Waals surface area contributed by atoms with Crippen molar-refractivity contribution in [2.45, 2.75) is 33.2 Å². The molecular formula is C12H21N3. The summed E-state index contributed by atoms with van der Waals surface area (Å²) < 4.78 is 0. The number of nitrogens with zero attached hydrogens (tertiary/aromatic N) is 2. The highest BCUT2D eigenvalue weighted by Crippen LogP contribution is 2.19. The highest BCUT2D eigenvalue weighted by atomic mass is 15.2. The van der Waals surface area contributed by atoms with E-state index >= 15 is 0 Å². The second-order valence-corrected chi connectivity index (χ2v) is 3.94. The van der Waals surface area contributed by atoms with E-state index < -0.39 is 0 Å². The first-order valence-electron chi connectivity index (χ1n) is 5.59. The number of nitrogens with one attached hydrogen (secondary N) is 1. The lowest BCUT2D eigenvalue weighted by atomic mass is 10.2. The third-order valence-corrected chi connectivity index (χ3v) is 2.42. The zero-order chi connectivity index (χ0) is 11.3. The van der Waals surface area contributed by atoms with Crippen LogP contribution in [0.25, 0.3) is 0 Å². The molecule has 1 rings (SSSR count). The molecule has 3 nitrogen and oxygen atoms in total. The smallest absolute Gasteiger partial charge is 0.127 e. The third-order valence-electron chi connectivity index (χ3n) is 2.42. The predicted molar refractivity (Wildman–Crippen MR) is 66.6 cm³/mol. The number of pyridine rings is 1. The summed E-state index contributed by atoms with van der Waals surface area (Å²) in [5.41, 5.74) is 1.24. The van der Waals surface area contributed by atoms with Crippen molar-refractivity contribution in [1.82, 2.24) is 4.98 Å². The first kappa shape index (κ1) is 11.8. The van der Waals surface area contributed by atoms with Gasteiger partial charge < -0.3 is 10.2 Å². The Morgan fingerprint density at radius 3 is 2.73 bits per heavy atom. The van der Waals surface area contributed by atoms with Crippen LogP contribution in [0.2, 0.25) is 0 Å². The molecule has 1 N–H and O–H groups in total. The third kappa shape index (κ3) is 3.11. The van der Waals surface area contributed by atoms with E-state index in [9.17, 15) is 0 Å². The van der Waals surface area contributed by atoms with Crippen LogP contribution in [0.4, 0.5) is 11.5 Å². The quantitative estimate of drug-likeness (QED) is 0.804. The SMILES string of the molecule is CCCN(c1ccnc(NC)c1)C(C)C. The summed E-state index contributed by atoms with van der Waals surface area (Å²) in [7, 11) is 1.89. The lowest BCUT2D eigenvalue weighted by Gasteiger charge is -2.28. The van der Waals surface area contributed by atoms with Gasteiger partial charge in [0, 0.05) is 37.6 Å². The molecular weight excluding hydrogens is 186 g/mol. The molecule has 0 aliphatic rings. The van der Waals surface area contributed by atoms with Crippen LogP contribution in [0.1, 0.15) is 27.2 Å². The Labute approximate surface area is 92.5 Å². The Morgan fingerprint density at radius 2 is 2.20 bits per heavy atom. The molecule has 1 aromatic heterocycles. The van der Waals surface area contributed by atoms with Crippen molar-refractivity contribution in [2.75, 3.05) is 23.8 Å². The second-order valence-electron chi connectivity index (χ2n) is 3.94. The van der Waals surface area contributed by atoms with E-state index in [0.717, 1.165) is 18.8 Å². The molecule has 0 aromatic carbocycles. The normalized spacial score (nSPS) is 10.5. The minimum absolute atomic E-state index is 0.525. The van der Waals surface area contributed by atoms with Crippen molar-refractivity contribution in [3.63, 3.8) is 0 Å². The Morgan fingerprint density at radius 1 is 1.47 bits per heavy atom. The van der Waals surface area contributed by atoms with E-state index in [1.807, 2.05) is 13.2 Å². The fraction of sp³-hybridized carbons (Fsp3) is 0.583. The van der Waals surface area contributed by atoms with Gasteiger partial charge in [0.1, 0.15) is 5.82 Å². The van der Waals surface area contributed by atoms with E-state index in [2.05, 4.69) is 48.1 Å². The molecule has 0 saturated carbocycles. The molecule has 1 aromatic rings. The number of anilines is 2. The lowest BCUT2D eigenvalue weighted by Crippen LogP contribution is -2.31. The summed E-state index contributed by atoms with van der Waals surface area (Å²) in [6, 6.07) is 4.68. The zero-order valence-electron chi connectivity index (χ0n) is 10.1. The number of hydrogen-bond acceptors (Lipinski definition) is 3. The van der Waals surface area contributed by atoms with Crippen LogP contribution in [0.5, 0.6) is 0 Å². The average molecular weight is 207 g/mol. The maximum Gasteiger partial charge on any atom is 0.127 e. The zero-order valence-corrected chi connectivity index (χ0v) is 10.1. The van der Waals surface area contributed by atoms with Gasteiger partial charge in [0.25, 0.3) is 0 Å². The van der Waals surface area contributed by atoms with Gasteiger partial charge in [-0.25, -0.2) is 4.98 Å². The maximum atomic E-state index is 4.22. The summed E-state index contributed by atoms with van der Waals surface area (Å²) in [5.74, 6) is 0.925. The summed E-state index contributed by atoms with van der Waals surface area (Å²) >= 11 is 0. The largest absolute Gasteiger partial charge is 0.373 e. The van der Waals surface area contributed by atoms with E-state index in [-0.39, 0.29) is 0 Å². The predicted octanol–water partition coefficient (Wildman–Crippen LogP) is 2.75. The van der Waals surface area contributed by atoms with E-state index in [1.54, 1.807) is 0 Å². The molecule has 1 heterocycles. The minimum atomic E-state index is 0.525. The van der Waals surface area contributed by atoms with Gasteiger partial charge in [-0.2, -0.15) is 0 Å². The summed E-state index contributed by atoms with van der Waals surface area (Å²) in [6.07, 6.45) is 3.02. The minimum Gasteiger partial charge on any atom is -0.373 e. The van der Waals surface area contributed by atoms with Gasteiger partial charge in [-0.15, -0.1) is 0 Å². The fourth-order valence-corrected chi connectivity index (χ4v) is 1.66. The molecule has 3 heteroatoms. The molecule has 0 bridgehead atoms. The second kappa shape index (κ2) is 5.59. The van der Waals surface area contributed by atoms with E-state index in [1.165, 1.54) is 5.69 Å². The summed E-state index contributed by atoms with van der Waals surface area (Å²) in [4.78, 5) is 6.61.